The van der Waals surface area contributed by atoms with Gasteiger partial charge in [0.05, 0.1) is 18.8 Å². The molecule has 5 heteroatoms. The van der Waals surface area contributed by atoms with Crippen LogP contribution in [-0.4, -0.2) is 36.3 Å². The molecular weight excluding hydrogens is 210 g/mol. The molecule has 0 amide bonds. The topological polar surface area (TPSA) is 92.8 Å². The first-order valence-electron chi connectivity index (χ1n) is 4.92. The first-order chi connectivity index (χ1) is 7.71. The summed E-state index contributed by atoms with van der Waals surface area (Å²) in [5.41, 5.74) is 5.03. The number of para-hydroxylation sites is 1. The maximum atomic E-state index is 10.4. The molecule has 0 aliphatic rings. The molecule has 1 aromatic carbocycles. The average molecular weight is 227 g/mol. The molecule has 0 aromatic heterocycles. The van der Waals surface area contributed by atoms with E-state index in [1.807, 2.05) is 6.92 Å². The summed E-state index contributed by atoms with van der Waals surface area (Å²) in [4.78, 5) is 10.4. The second kappa shape index (κ2) is 8.70. The Kier molecular flexibility index (Phi) is 7.83. The van der Waals surface area contributed by atoms with E-state index in [1.54, 1.807) is 12.1 Å². The van der Waals surface area contributed by atoms with Crippen molar-refractivity contribution in [1.29, 1.82) is 0 Å². The quantitative estimate of drug-likeness (QED) is 0.653. The van der Waals surface area contributed by atoms with Gasteiger partial charge in [-0.1, -0.05) is 6.07 Å². The van der Waals surface area contributed by atoms with E-state index >= 15 is 0 Å². The van der Waals surface area contributed by atoms with E-state index in [-0.39, 0.29) is 17.9 Å². The van der Waals surface area contributed by atoms with Gasteiger partial charge >= 0.3 is 0 Å². The van der Waals surface area contributed by atoms with E-state index in [0.29, 0.717) is 25.2 Å². The number of aliphatic hydroxyl groups excluding tert-OH is 1. The molecule has 0 fully saturated rings. The molecule has 0 aliphatic heterocycles. The molecule has 4 N–H and O–H groups in total. The monoisotopic (exact) mass is 227 g/mol. The van der Waals surface area contributed by atoms with E-state index in [1.165, 1.54) is 6.07 Å². The summed E-state index contributed by atoms with van der Waals surface area (Å²) in [6.07, 6.45) is 0.595. The van der Waals surface area contributed by atoms with Crippen LogP contribution in [0.4, 0.5) is 0 Å². The van der Waals surface area contributed by atoms with Crippen LogP contribution in [0.2, 0.25) is 0 Å². The predicted octanol–water partition coefficient (Wildman–Crippen LogP) is 0.541. The third-order valence-electron chi connectivity index (χ3n) is 1.59. The van der Waals surface area contributed by atoms with Gasteiger partial charge in [0.2, 0.25) is 0 Å². The van der Waals surface area contributed by atoms with Crippen LogP contribution in [0.25, 0.3) is 0 Å². The Bertz CT molecular complexity index is 313. The van der Waals surface area contributed by atoms with Gasteiger partial charge in [-0.15, -0.1) is 0 Å². The standard InChI is InChI=1S/C9H10O3.C2H7NO/c1-2-12-8-5-3-4-7(6-10)9(8)11;3-1-2-4/h3-6,11H,2H2,1H3;4H,1-3H2. The normalized spacial score (nSPS) is 8.94. The molecular formula is C11H17NO4. The molecule has 16 heavy (non-hydrogen) atoms. The van der Waals surface area contributed by atoms with Crippen molar-refractivity contribution in [2.24, 2.45) is 5.73 Å². The number of carbonyl (C=O) groups is 1. The highest BCUT2D eigenvalue weighted by Crippen LogP contribution is 2.28. The molecule has 0 radical (unpaired) electrons. The number of carbonyl (C=O) groups excluding carboxylic acids is 1. The summed E-state index contributed by atoms with van der Waals surface area (Å²) < 4.78 is 5.07. The van der Waals surface area contributed by atoms with Gasteiger partial charge in [0.15, 0.2) is 17.8 Å². The third-order valence-corrected chi connectivity index (χ3v) is 1.59. The van der Waals surface area contributed by atoms with Gasteiger partial charge in [-0.3, -0.25) is 4.79 Å². The van der Waals surface area contributed by atoms with E-state index in [4.69, 9.17) is 15.6 Å². The first kappa shape index (κ1) is 14.4. The molecule has 0 heterocycles. The highest BCUT2D eigenvalue weighted by atomic mass is 16.5. The molecule has 1 aromatic rings. The number of aliphatic hydroxyl groups is 1. The summed E-state index contributed by atoms with van der Waals surface area (Å²) in [5, 5.41) is 17.1. The highest BCUT2D eigenvalue weighted by Gasteiger charge is 2.05. The second-order valence-electron chi connectivity index (χ2n) is 2.76. The van der Waals surface area contributed by atoms with Gasteiger partial charge in [-0.25, -0.2) is 0 Å². The highest BCUT2D eigenvalue weighted by molar-refractivity contribution is 5.80. The Morgan fingerprint density at radius 1 is 1.50 bits per heavy atom. The number of aldehydes is 1. The van der Waals surface area contributed by atoms with Gasteiger partial charge in [-0.2, -0.15) is 0 Å². The van der Waals surface area contributed by atoms with E-state index in [0.717, 1.165) is 0 Å². The van der Waals surface area contributed by atoms with Gasteiger partial charge in [0, 0.05) is 6.54 Å². The Hall–Kier alpha value is -1.59. The Labute approximate surface area is 94.5 Å². The van der Waals surface area contributed by atoms with Crippen LogP contribution in [0.5, 0.6) is 11.5 Å². The van der Waals surface area contributed by atoms with Crippen molar-refractivity contribution in [2.75, 3.05) is 19.8 Å². The molecule has 0 unspecified atom stereocenters. The Morgan fingerprint density at radius 3 is 2.56 bits per heavy atom. The van der Waals surface area contributed by atoms with Crippen LogP contribution in [0.3, 0.4) is 0 Å². The van der Waals surface area contributed by atoms with Gasteiger partial charge in [0.1, 0.15) is 0 Å². The summed E-state index contributed by atoms with van der Waals surface area (Å²) in [7, 11) is 0. The summed E-state index contributed by atoms with van der Waals surface area (Å²) in [6, 6.07) is 4.81. The number of hydrogen-bond acceptors (Lipinski definition) is 5. The number of phenols is 1. The number of aromatic hydroxyl groups is 1. The van der Waals surface area contributed by atoms with Crippen LogP contribution >= 0.6 is 0 Å². The molecule has 90 valence electrons. The zero-order valence-corrected chi connectivity index (χ0v) is 9.22. The lowest BCUT2D eigenvalue weighted by Gasteiger charge is -2.05. The van der Waals surface area contributed by atoms with Crippen LogP contribution in [-0.2, 0) is 0 Å². The van der Waals surface area contributed by atoms with Crippen molar-refractivity contribution in [2.45, 2.75) is 6.92 Å². The molecule has 0 atom stereocenters. The zero-order valence-electron chi connectivity index (χ0n) is 9.22. The third kappa shape index (κ3) is 4.77. The largest absolute Gasteiger partial charge is 0.504 e. The summed E-state index contributed by atoms with van der Waals surface area (Å²) >= 11 is 0. The fourth-order valence-corrected chi connectivity index (χ4v) is 0.906. The average Bonchev–Trinajstić information content (AvgIpc) is 2.32. The Morgan fingerprint density at radius 2 is 2.12 bits per heavy atom. The number of rotatable bonds is 4. The van der Waals surface area contributed by atoms with Crippen molar-refractivity contribution in [1.82, 2.24) is 0 Å². The fourth-order valence-electron chi connectivity index (χ4n) is 0.906. The maximum Gasteiger partial charge on any atom is 0.168 e. The Balaban J connectivity index is 0.000000487. The van der Waals surface area contributed by atoms with Crippen LogP contribution in [0.1, 0.15) is 17.3 Å². The van der Waals surface area contributed by atoms with Gasteiger partial charge in [0.25, 0.3) is 0 Å². The predicted molar refractivity (Wildman–Crippen MR) is 60.8 cm³/mol. The second-order valence-corrected chi connectivity index (χ2v) is 2.76. The van der Waals surface area contributed by atoms with Crippen LogP contribution in [0, 0.1) is 0 Å². The molecule has 0 spiro atoms. The smallest absolute Gasteiger partial charge is 0.168 e. The molecule has 5 nitrogen and oxygen atoms in total. The molecule has 1 rings (SSSR count). The molecule has 0 aliphatic carbocycles. The van der Waals surface area contributed by atoms with Crippen molar-refractivity contribution in [3.8, 4) is 11.5 Å². The number of nitrogens with two attached hydrogens (primary N) is 1. The lowest BCUT2D eigenvalue weighted by molar-refractivity contribution is 0.112. The maximum absolute atomic E-state index is 10.4. The zero-order chi connectivity index (χ0) is 12.4. The molecule has 0 saturated heterocycles. The van der Waals surface area contributed by atoms with E-state index in [2.05, 4.69) is 0 Å². The molecule has 0 saturated carbocycles. The van der Waals surface area contributed by atoms with Crippen molar-refractivity contribution in [3.63, 3.8) is 0 Å². The van der Waals surface area contributed by atoms with Gasteiger partial charge < -0.3 is 20.7 Å². The molecule has 0 bridgehead atoms. The lowest BCUT2D eigenvalue weighted by Crippen LogP contribution is -2.02. The minimum atomic E-state index is -0.0886. The van der Waals surface area contributed by atoms with E-state index < -0.39 is 0 Å². The van der Waals surface area contributed by atoms with Crippen molar-refractivity contribution in [3.05, 3.63) is 23.8 Å². The van der Waals surface area contributed by atoms with E-state index in [9.17, 15) is 9.90 Å². The van der Waals surface area contributed by atoms with Crippen LogP contribution < -0.4 is 10.5 Å². The van der Waals surface area contributed by atoms with Crippen molar-refractivity contribution < 1.29 is 19.7 Å². The summed E-state index contributed by atoms with van der Waals surface area (Å²) in [5.74, 6) is 0.261. The number of benzene rings is 1. The SMILES string of the molecule is CCOc1cccc(C=O)c1O.NCCO. The van der Waals surface area contributed by atoms with Gasteiger partial charge in [-0.05, 0) is 19.1 Å². The lowest BCUT2D eigenvalue weighted by atomic mass is 10.2. The minimum Gasteiger partial charge on any atom is -0.504 e. The summed E-state index contributed by atoms with van der Waals surface area (Å²) in [6.45, 7) is 2.75. The fraction of sp³-hybridized carbons (Fsp3) is 0.364. The first-order valence-corrected chi connectivity index (χ1v) is 4.92. The minimum absolute atomic E-state index is 0.0886. The number of hydrogen-bond donors (Lipinski definition) is 3. The number of ether oxygens (including phenoxy) is 1. The van der Waals surface area contributed by atoms with Crippen LogP contribution in [0.15, 0.2) is 18.2 Å². The van der Waals surface area contributed by atoms with Crippen molar-refractivity contribution >= 4 is 6.29 Å². The number of phenolic OH excluding ortho intramolecular Hbond substituents is 1.